The molecule has 0 bridgehead atoms. The molecule has 0 aliphatic carbocycles. The van der Waals surface area contributed by atoms with Crippen LogP contribution in [0, 0.1) is 10.8 Å². The van der Waals surface area contributed by atoms with Gasteiger partial charge >= 0.3 is 24.1 Å². The van der Waals surface area contributed by atoms with E-state index in [9.17, 15) is 19.2 Å². The molecule has 3 fully saturated rings. The highest BCUT2D eigenvalue weighted by Crippen LogP contribution is 2.39. The Labute approximate surface area is 304 Å². The van der Waals surface area contributed by atoms with Crippen LogP contribution in [0.1, 0.15) is 126 Å². The summed E-state index contributed by atoms with van der Waals surface area (Å²) >= 11 is 3.42. The molecule has 0 aromatic heterocycles. The van der Waals surface area contributed by atoms with Gasteiger partial charge in [-0.2, -0.15) is 0 Å². The molecule has 3 aliphatic rings. The van der Waals surface area contributed by atoms with E-state index in [0.717, 1.165) is 37.6 Å². The normalized spacial score (nSPS) is 19.6. The van der Waals surface area contributed by atoms with Crippen LogP contribution in [0.2, 0.25) is 0 Å². The quantitative estimate of drug-likeness (QED) is 0.120. The number of halogens is 1. The Morgan fingerprint density at radius 2 is 1.00 bits per heavy atom. The number of nitrogens with zero attached hydrogens (tertiary/aromatic N) is 3. The fourth-order valence-electron chi connectivity index (χ4n) is 6.80. The van der Waals surface area contributed by atoms with E-state index in [-0.39, 0.29) is 24.1 Å². The van der Waals surface area contributed by atoms with Gasteiger partial charge in [-0.1, -0.05) is 22.4 Å². The van der Waals surface area contributed by atoms with Crippen molar-refractivity contribution in [2.45, 2.75) is 137 Å². The molecule has 0 radical (unpaired) electrons. The molecule has 3 aliphatic heterocycles. The Morgan fingerprint density at radius 1 is 0.612 bits per heavy atom. The zero-order valence-electron chi connectivity index (χ0n) is 31.8. The number of carbonyl (C=O) groups excluding carboxylic acids is 4. The minimum Gasteiger partial charge on any atom is -0.466 e. The van der Waals surface area contributed by atoms with Gasteiger partial charge in [0.05, 0.1) is 24.0 Å². The van der Waals surface area contributed by atoms with Crippen LogP contribution in [0.15, 0.2) is 0 Å². The van der Waals surface area contributed by atoms with E-state index >= 15 is 0 Å². The molecule has 0 aromatic carbocycles. The Kier molecular flexibility index (Phi) is 17.7. The number of likely N-dealkylation sites (tertiary alicyclic amines) is 3. The third-order valence-electron chi connectivity index (χ3n) is 9.53. The molecular weight excluding hydrogens is 694 g/mol. The first kappa shape index (κ1) is 43.1. The monoisotopic (exact) mass is 759 g/mol. The molecular formula is C37H66BrN3O8. The predicted octanol–water partition coefficient (Wildman–Crippen LogP) is 7.57. The van der Waals surface area contributed by atoms with Crippen LogP contribution in [0.4, 0.5) is 9.59 Å². The molecule has 0 N–H and O–H groups in total. The van der Waals surface area contributed by atoms with Gasteiger partial charge in [-0.3, -0.25) is 9.59 Å². The summed E-state index contributed by atoms with van der Waals surface area (Å²) in [6, 6.07) is 0. The van der Waals surface area contributed by atoms with Gasteiger partial charge in [0.1, 0.15) is 11.2 Å². The van der Waals surface area contributed by atoms with Crippen molar-refractivity contribution in [2.24, 2.45) is 10.8 Å². The van der Waals surface area contributed by atoms with E-state index in [2.05, 4.69) is 20.8 Å². The largest absolute Gasteiger partial charge is 0.466 e. The second-order valence-electron chi connectivity index (χ2n) is 15.7. The summed E-state index contributed by atoms with van der Waals surface area (Å²) in [5.74, 6) is -0.215. The lowest BCUT2D eigenvalue weighted by Gasteiger charge is -2.40. The van der Waals surface area contributed by atoms with E-state index in [1.807, 2.05) is 55.4 Å². The number of ether oxygens (including phenoxy) is 4. The molecule has 0 atom stereocenters. The summed E-state index contributed by atoms with van der Waals surface area (Å²) in [6.07, 6.45) is 9.47. The molecule has 49 heavy (non-hydrogen) atoms. The lowest BCUT2D eigenvalue weighted by molar-refractivity contribution is -0.160. The van der Waals surface area contributed by atoms with Gasteiger partial charge in [-0.15, -0.1) is 0 Å². The van der Waals surface area contributed by atoms with Crippen molar-refractivity contribution in [1.82, 2.24) is 14.7 Å². The summed E-state index contributed by atoms with van der Waals surface area (Å²) in [6.45, 7) is 21.3. The average Bonchev–Trinajstić information content (AvgIpc) is 3.03. The third-order valence-corrected chi connectivity index (χ3v) is 10.1. The first-order chi connectivity index (χ1) is 23.0. The fourth-order valence-corrected chi connectivity index (χ4v) is 7.08. The second-order valence-corrected chi connectivity index (χ2v) is 16.5. The molecule has 0 aromatic rings. The van der Waals surface area contributed by atoms with Gasteiger partial charge in [0.15, 0.2) is 0 Å². The topological polar surface area (TPSA) is 115 Å². The van der Waals surface area contributed by atoms with Crippen molar-refractivity contribution in [2.75, 3.05) is 64.4 Å². The Bertz CT molecular complexity index is 1040. The van der Waals surface area contributed by atoms with Crippen molar-refractivity contribution in [3.63, 3.8) is 0 Å². The molecule has 0 spiro atoms. The number of hydrogen-bond donors (Lipinski definition) is 0. The van der Waals surface area contributed by atoms with Crippen LogP contribution in [0.3, 0.4) is 0 Å². The van der Waals surface area contributed by atoms with E-state index in [1.165, 1.54) is 32.4 Å². The third kappa shape index (κ3) is 14.6. The number of alkyl halides is 1. The second kappa shape index (κ2) is 20.1. The van der Waals surface area contributed by atoms with Crippen LogP contribution in [0.5, 0.6) is 0 Å². The highest BCUT2D eigenvalue weighted by molar-refractivity contribution is 9.09. The van der Waals surface area contributed by atoms with Crippen molar-refractivity contribution < 1.29 is 38.1 Å². The van der Waals surface area contributed by atoms with Crippen LogP contribution in [-0.2, 0) is 28.5 Å². The summed E-state index contributed by atoms with van der Waals surface area (Å²) in [7, 11) is 0. The first-order valence-corrected chi connectivity index (χ1v) is 19.7. The number of carbonyl (C=O) groups is 4. The summed E-state index contributed by atoms with van der Waals surface area (Å²) in [5, 5.41) is 0.865. The maximum absolute atomic E-state index is 12.7. The predicted molar refractivity (Wildman–Crippen MR) is 195 cm³/mol. The smallest absolute Gasteiger partial charge is 0.410 e. The lowest BCUT2D eigenvalue weighted by atomic mass is 9.74. The number of piperidine rings is 3. The number of esters is 2. The van der Waals surface area contributed by atoms with Gasteiger partial charge in [0.25, 0.3) is 0 Å². The van der Waals surface area contributed by atoms with Crippen LogP contribution >= 0.6 is 15.9 Å². The first-order valence-electron chi connectivity index (χ1n) is 18.6. The summed E-state index contributed by atoms with van der Waals surface area (Å²) in [4.78, 5) is 55.5. The zero-order chi connectivity index (χ0) is 36.7. The molecule has 0 unspecified atom stereocenters. The lowest BCUT2D eigenvalue weighted by Crippen LogP contribution is -2.48. The molecule has 3 heterocycles. The van der Waals surface area contributed by atoms with Crippen LogP contribution in [-0.4, -0.2) is 114 Å². The molecule has 0 saturated carbocycles. The number of amides is 2. The van der Waals surface area contributed by atoms with Gasteiger partial charge in [0.2, 0.25) is 0 Å². The minimum absolute atomic E-state index is 0.0903. The Balaban J connectivity index is 0.000000348. The molecule has 3 rings (SSSR count). The fraction of sp³-hybridized carbons (Fsp3) is 0.892. The molecule has 2 amide bonds. The highest BCUT2D eigenvalue weighted by atomic mass is 79.9. The summed E-state index contributed by atoms with van der Waals surface area (Å²) < 4.78 is 21.6. The van der Waals surface area contributed by atoms with Gasteiger partial charge in [-0.25, -0.2) is 9.59 Å². The van der Waals surface area contributed by atoms with E-state index in [1.54, 1.807) is 9.80 Å². The molecule has 3 saturated heterocycles. The average molecular weight is 761 g/mol. The Morgan fingerprint density at radius 3 is 1.35 bits per heavy atom. The number of rotatable bonds is 11. The standard InChI is InChI=1S/C21H38N2O4.C16H28BrNO4/c1-5-26-18(24)21(10-9-15-22-13-7-6-8-14-22)11-16-23(17-12-21)19(25)27-20(2,3)4;1-5-21-13(19)16(7-6-10-17)8-11-18(12-9-16)14(20)22-15(2,3)4/h5-17H2,1-4H3;5-12H2,1-4H3. The zero-order valence-corrected chi connectivity index (χ0v) is 33.4. The van der Waals surface area contributed by atoms with E-state index in [4.69, 9.17) is 18.9 Å². The van der Waals surface area contributed by atoms with Gasteiger partial charge in [-0.05, 0) is 139 Å². The molecule has 11 nitrogen and oxygen atoms in total. The van der Waals surface area contributed by atoms with Crippen molar-refractivity contribution in [1.29, 1.82) is 0 Å². The number of hydrogen-bond acceptors (Lipinski definition) is 9. The van der Waals surface area contributed by atoms with E-state index < -0.39 is 22.0 Å². The SMILES string of the molecule is CCOC(=O)C1(CCCBr)CCN(C(=O)OC(C)(C)C)CC1.CCOC(=O)C1(CCCN2CCCCC2)CCN(C(=O)OC(C)(C)C)CC1. The maximum Gasteiger partial charge on any atom is 0.410 e. The van der Waals surface area contributed by atoms with Crippen molar-refractivity contribution >= 4 is 40.1 Å². The Hall–Kier alpha value is -2.08. The molecule has 284 valence electrons. The van der Waals surface area contributed by atoms with Crippen LogP contribution in [0.25, 0.3) is 0 Å². The highest BCUT2D eigenvalue weighted by Gasteiger charge is 2.45. The maximum atomic E-state index is 12.7. The van der Waals surface area contributed by atoms with E-state index in [0.29, 0.717) is 65.1 Å². The summed E-state index contributed by atoms with van der Waals surface area (Å²) in [5.41, 5.74) is -1.91. The van der Waals surface area contributed by atoms with Crippen LogP contribution < -0.4 is 0 Å². The van der Waals surface area contributed by atoms with Crippen molar-refractivity contribution in [3.05, 3.63) is 0 Å². The van der Waals surface area contributed by atoms with Crippen molar-refractivity contribution in [3.8, 4) is 0 Å². The minimum atomic E-state index is -0.499. The van der Waals surface area contributed by atoms with Gasteiger partial charge in [0, 0.05) is 31.5 Å². The molecule has 12 heteroatoms. The van der Waals surface area contributed by atoms with Gasteiger partial charge < -0.3 is 33.6 Å².